The fourth-order valence-electron chi connectivity index (χ4n) is 3.81. The van der Waals surface area contributed by atoms with E-state index < -0.39 is 0 Å². The molecule has 2 atom stereocenters. The largest absolute Gasteiger partial charge is 0.396 e. The quantitative estimate of drug-likeness (QED) is 0.872. The second-order valence-electron chi connectivity index (χ2n) is 6.40. The van der Waals surface area contributed by atoms with Crippen molar-refractivity contribution >= 4 is 29.9 Å². The van der Waals surface area contributed by atoms with Crippen LogP contribution in [0.5, 0.6) is 0 Å². The van der Waals surface area contributed by atoms with E-state index in [9.17, 15) is 9.90 Å². The van der Waals surface area contributed by atoms with Crippen molar-refractivity contribution in [3.05, 3.63) is 34.9 Å². The minimum atomic E-state index is 0. The van der Waals surface area contributed by atoms with Crippen LogP contribution in [0.3, 0.4) is 0 Å². The summed E-state index contributed by atoms with van der Waals surface area (Å²) in [5.41, 5.74) is 0.707. The highest BCUT2D eigenvalue weighted by atomic mass is 35.5. The lowest BCUT2D eigenvalue weighted by atomic mass is 9.78. The second-order valence-corrected chi connectivity index (χ2v) is 6.84. The molecule has 2 N–H and O–H groups in total. The number of nitrogens with zero attached hydrogens (tertiary/aromatic N) is 1. The Kier molecular flexibility index (Phi) is 6.72. The zero-order valence-electron chi connectivity index (χ0n) is 13.1. The molecule has 0 bridgehead atoms. The number of halogens is 2. The first-order valence-electron chi connectivity index (χ1n) is 8.05. The van der Waals surface area contributed by atoms with Crippen LogP contribution < -0.4 is 5.32 Å². The molecule has 0 saturated carbocycles. The minimum absolute atomic E-state index is 0. The van der Waals surface area contributed by atoms with Crippen LogP contribution in [-0.2, 0) is 0 Å². The van der Waals surface area contributed by atoms with Gasteiger partial charge in [0.2, 0.25) is 0 Å². The van der Waals surface area contributed by atoms with Crippen LogP contribution in [0.4, 0.5) is 0 Å². The van der Waals surface area contributed by atoms with Crippen LogP contribution in [0.2, 0.25) is 5.02 Å². The molecule has 0 spiro atoms. The summed E-state index contributed by atoms with van der Waals surface area (Å²) in [6, 6.07) is 7.11. The van der Waals surface area contributed by atoms with Gasteiger partial charge in [-0.25, -0.2) is 0 Å². The number of rotatable bonds is 3. The number of hydrogen-bond donors (Lipinski definition) is 2. The van der Waals surface area contributed by atoms with E-state index in [1.807, 2.05) is 4.90 Å². The topological polar surface area (TPSA) is 52.6 Å². The van der Waals surface area contributed by atoms with Crippen molar-refractivity contribution in [1.82, 2.24) is 10.2 Å². The number of piperidine rings is 1. The number of carbonyl (C=O) groups excluding carboxylic acids is 1. The Labute approximate surface area is 148 Å². The first kappa shape index (κ1) is 18.5. The van der Waals surface area contributed by atoms with Gasteiger partial charge < -0.3 is 15.3 Å². The average molecular weight is 359 g/mol. The number of nitrogens with one attached hydrogen (secondary N) is 1. The summed E-state index contributed by atoms with van der Waals surface area (Å²) in [6.45, 7) is 3.80. The molecule has 23 heavy (non-hydrogen) atoms. The summed E-state index contributed by atoms with van der Waals surface area (Å²) >= 11 is 5.87. The highest BCUT2D eigenvalue weighted by molar-refractivity contribution is 6.30. The van der Waals surface area contributed by atoms with Crippen LogP contribution in [0, 0.1) is 17.8 Å². The predicted molar refractivity (Wildman–Crippen MR) is 94.3 cm³/mol. The highest BCUT2D eigenvalue weighted by Crippen LogP contribution is 2.32. The molecule has 2 fully saturated rings. The summed E-state index contributed by atoms with van der Waals surface area (Å²) in [6.07, 6.45) is 2.06. The maximum Gasteiger partial charge on any atom is 0.253 e. The summed E-state index contributed by atoms with van der Waals surface area (Å²) in [5.74, 6) is 1.64. The van der Waals surface area contributed by atoms with Gasteiger partial charge in [-0.05, 0) is 61.4 Å². The first-order chi connectivity index (χ1) is 10.7. The zero-order valence-corrected chi connectivity index (χ0v) is 14.7. The molecule has 6 heteroatoms. The summed E-state index contributed by atoms with van der Waals surface area (Å²) in [7, 11) is 0. The van der Waals surface area contributed by atoms with Crippen molar-refractivity contribution < 1.29 is 9.90 Å². The number of amides is 1. The number of likely N-dealkylation sites (tertiary alicyclic amines) is 1. The van der Waals surface area contributed by atoms with Crippen molar-refractivity contribution in [2.45, 2.75) is 12.8 Å². The van der Waals surface area contributed by atoms with Gasteiger partial charge in [0.25, 0.3) is 5.91 Å². The second kappa shape index (κ2) is 8.34. The first-order valence-corrected chi connectivity index (χ1v) is 8.43. The molecule has 128 valence electrons. The van der Waals surface area contributed by atoms with Crippen molar-refractivity contribution in [2.75, 3.05) is 32.8 Å². The number of aliphatic hydroxyl groups is 1. The molecule has 0 aliphatic carbocycles. The smallest absolute Gasteiger partial charge is 0.253 e. The van der Waals surface area contributed by atoms with Gasteiger partial charge >= 0.3 is 0 Å². The van der Waals surface area contributed by atoms with Gasteiger partial charge in [-0.2, -0.15) is 0 Å². The molecular formula is C17H24Cl2N2O2. The van der Waals surface area contributed by atoms with E-state index in [2.05, 4.69) is 5.32 Å². The highest BCUT2D eigenvalue weighted by Gasteiger charge is 2.35. The summed E-state index contributed by atoms with van der Waals surface area (Å²) < 4.78 is 0. The predicted octanol–water partition coefficient (Wildman–Crippen LogP) is 2.44. The monoisotopic (exact) mass is 358 g/mol. The van der Waals surface area contributed by atoms with Gasteiger partial charge in [-0.15, -0.1) is 12.4 Å². The Morgan fingerprint density at radius 1 is 1.22 bits per heavy atom. The third-order valence-corrected chi connectivity index (χ3v) is 5.40. The standard InChI is InChI=1S/C17H23ClN2O2.ClH/c18-15-3-1-13(2-4-15)17(22)20-7-5-12(6-8-20)16-10-19-9-14(16)11-21;/h1-4,12,14,16,19,21H,5-11H2;1H/t14-,16-;/m0./s1. The SMILES string of the molecule is Cl.O=C(c1ccc(Cl)cc1)N1CCC([C@@H]2CNC[C@H]2CO)CC1. The van der Waals surface area contributed by atoms with Crippen LogP contribution in [0.25, 0.3) is 0 Å². The van der Waals surface area contributed by atoms with Gasteiger partial charge in [-0.1, -0.05) is 11.6 Å². The lowest BCUT2D eigenvalue weighted by Crippen LogP contribution is -2.41. The van der Waals surface area contributed by atoms with E-state index in [-0.39, 0.29) is 24.9 Å². The Balaban J connectivity index is 0.00000192. The van der Waals surface area contributed by atoms with E-state index in [1.165, 1.54) is 0 Å². The van der Waals surface area contributed by atoms with Gasteiger partial charge in [-0.3, -0.25) is 4.79 Å². The number of aliphatic hydroxyl groups excluding tert-OH is 1. The van der Waals surface area contributed by atoms with Crippen LogP contribution in [-0.4, -0.2) is 48.7 Å². The Hall–Kier alpha value is -0.810. The lowest BCUT2D eigenvalue weighted by molar-refractivity contribution is 0.0625. The minimum Gasteiger partial charge on any atom is -0.396 e. The van der Waals surface area contributed by atoms with Gasteiger partial charge in [0, 0.05) is 36.8 Å². The molecule has 4 nitrogen and oxygen atoms in total. The average Bonchev–Trinajstić information content (AvgIpc) is 3.04. The third-order valence-electron chi connectivity index (χ3n) is 5.15. The number of hydrogen-bond acceptors (Lipinski definition) is 3. The molecule has 0 aromatic heterocycles. The Bertz CT molecular complexity index is 516. The van der Waals surface area contributed by atoms with Crippen LogP contribution in [0.15, 0.2) is 24.3 Å². The normalized spacial score (nSPS) is 25.2. The fraction of sp³-hybridized carbons (Fsp3) is 0.588. The molecule has 3 rings (SSSR count). The van der Waals surface area contributed by atoms with E-state index >= 15 is 0 Å². The molecule has 0 radical (unpaired) electrons. The summed E-state index contributed by atoms with van der Waals surface area (Å²) in [5, 5.41) is 13.5. The molecule has 0 unspecified atom stereocenters. The Morgan fingerprint density at radius 3 is 2.48 bits per heavy atom. The molecule has 1 aromatic rings. The van der Waals surface area contributed by atoms with Gasteiger partial charge in [0.05, 0.1) is 0 Å². The number of benzene rings is 1. The maximum atomic E-state index is 12.5. The molecule has 2 heterocycles. The zero-order chi connectivity index (χ0) is 15.5. The van der Waals surface area contributed by atoms with Gasteiger partial charge in [0.15, 0.2) is 0 Å². The Morgan fingerprint density at radius 2 is 1.87 bits per heavy atom. The van der Waals surface area contributed by atoms with E-state index in [4.69, 9.17) is 11.6 Å². The lowest BCUT2D eigenvalue weighted by Gasteiger charge is -2.36. The van der Waals surface area contributed by atoms with Crippen molar-refractivity contribution in [3.8, 4) is 0 Å². The molecule has 2 saturated heterocycles. The van der Waals surface area contributed by atoms with E-state index in [0.29, 0.717) is 28.3 Å². The van der Waals surface area contributed by atoms with Crippen molar-refractivity contribution in [3.63, 3.8) is 0 Å². The molecule has 1 amide bonds. The van der Waals surface area contributed by atoms with E-state index in [0.717, 1.165) is 39.0 Å². The van der Waals surface area contributed by atoms with Gasteiger partial charge in [0.1, 0.15) is 0 Å². The molecule has 2 aliphatic heterocycles. The summed E-state index contributed by atoms with van der Waals surface area (Å²) in [4.78, 5) is 14.4. The van der Waals surface area contributed by atoms with Crippen molar-refractivity contribution in [2.24, 2.45) is 17.8 Å². The number of carbonyl (C=O) groups is 1. The molecular weight excluding hydrogens is 335 g/mol. The van der Waals surface area contributed by atoms with Crippen LogP contribution in [0.1, 0.15) is 23.2 Å². The molecule has 1 aromatic carbocycles. The maximum absolute atomic E-state index is 12.5. The third kappa shape index (κ3) is 4.18. The van der Waals surface area contributed by atoms with Crippen LogP contribution >= 0.6 is 24.0 Å². The fourth-order valence-corrected chi connectivity index (χ4v) is 3.94. The van der Waals surface area contributed by atoms with Crippen molar-refractivity contribution in [1.29, 1.82) is 0 Å². The molecule has 2 aliphatic rings. The van der Waals surface area contributed by atoms with E-state index in [1.54, 1.807) is 24.3 Å².